The van der Waals surface area contributed by atoms with Gasteiger partial charge in [-0.15, -0.1) is 0 Å². The molecule has 0 saturated carbocycles. The van der Waals surface area contributed by atoms with Crippen molar-refractivity contribution in [2.24, 2.45) is 10.2 Å². The Kier molecular flexibility index (Phi) is 7.31. The third-order valence-corrected chi connectivity index (χ3v) is 5.70. The molecule has 0 aliphatic carbocycles. The quantitative estimate of drug-likeness (QED) is 0.404. The molecule has 2 aromatic carbocycles. The van der Waals surface area contributed by atoms with Crippen LogP contribution in [0.3, 0.4) is 0 Å². The van der Waals surface area contributed by atoms with Crippen LogP contribution in [0.5, 0.6) is 5.75 Å². The minimum absolute atomic E-state index is 0.0178. The molecular formula is C20H27N2O4P. The standard InChI is InChI=1S/C20H27N2O4P/c1-14(2)25-27(24,26-15(3)4)13-17-12-19(10-11-20(17)23)22-21-18-8-6-16(5)7-9-18/h6-12,14-15,23H,13H2,1-5H3. The third-order valence-electron chi connectivity index (χ3n) is 3.48. The molecule has 0 heterocycles. The number of azo groups is 1. The summed E-state index contributed by atoms with van der Waals surface area (Å²) in [6.45, 7) is 9.18. The zero-order chi connectivity index (χ0) is 20.0. The molecule has 0 aliphatic rings. The average molecular weight is 390 g/mol. The average Bonchev–Trinajstić information content (AvgIpc) is 2.55. The van der Waals surface area contributed by atoms with E-state index in [1.54, 1.807) is 39.8 Å². The number of benzene rings is 2. The van der Waals surface area contributed by atoms with Crippen LogP contribution < -0.4 is 0 Å². The number of rotatable bonds is 8. The lowest BCUT2D eigenvalue weighted by atomic mass is 10.2. The Balaban J connectivity index is 2.24. The molecule has 0 atom stereocenters. The summed E-state index contributed by atoms with van der Waals surface area (Å²) in [7, 11) is -3.42. The molecule has 0 saturated heterocycles. The van der Waals surface area contributed by atoms with Crippen LogP contribution in [0.25, 0.3) is 0 Å². The molecular weight excluding hydrogens is 363 g/mol. The highest BCUT2D eigenvalue weighted by Gasteiger charge is 2.29. The molecule has 7 heteroatoms. The van der Waals surface area contributed by atoms with Crippen molar-refractivity contribution >= 4 is 19.0 Å². The summed E-state index contributed by atoms with van der Waals surface area (Å²) in [6.07, 6.45) is -0.564. The second kappa shape index (κ2) is 9.27. The van der Waals surface area contributed by atoms with E-state index in [1.807, 2.05) is 31.2 Å². The first-order valence-electron chi connectivity index (χ1n) is 8.93. The van der Waals surface area contributed by atoms with Gasteiger partial charge >= 0.3 is 7.60 Å². The van der Waals surface area contributed by atoms with E-state index in [0.29, 0.717) is 11.3 Å². The van der Waals surface area contributed by atoms with Gasteiger partial charge in [0.1, 0.15) is 5.75 Å². The van der Waals surface area contributed by atoms with E-state index in [4.69, 9.17) is 9.05 Å². The number of aryl methyl sites for hydroxylation is 1. The number of aromatic hydroxyl groups is 1. The molecule has 146 valence electrons. The van der Waals surface area contributed by atoms with E-state index < -0.39 is 7.60 Å². The first kappa shape index (κ1) is 21.3. The Labute approximate surface area is 160 Å². The Morgan fingerprint density at radius 1 is 0.926 bits per heavy atom. The van der Waals surface area contributed by atoms with Gasteiger partial charge in [0.2, 0.25) is 0 Å². The van der Waals surface area contributed by atoms with Crippen LogP contribution in [-0.4, -0.2) is 17.3 Å². The number of phenols is 1. The van der Waals surface area contributed by atoms with E-state index in [2.05, 4.69) is 10.2 Å². The third kappa shape index (κ3) is 6.90. The molecule has 2 rings (SSSR count). The lowest BCUT2D eigenvalue weighted by Crippen LogP contribution is -2.09. The molecule has 27 heavy (non-hydrogen) atoms. The van der Waals surface area contributed by atoms with Crippen LogP contribution in [-0.2, 0) is 19.8 Å². The Bertz CT molecular complexity index is 818. The lowest BCUT2D eigenvalue weighted by Gasteiger charge is -2.23. The van der Waals surface area contributed by atoms with Gasteiger partial charge in [0.25, 0.3) is 0 Å². The molecule has 1 N–H and O–H groups in total. The first-order valence-corrected chi connectivity index (χ1v) is 10.7. The van der Waals surface area contributed by atoms with Gasteiger partial charge in [0, 0.05) is 5.56 Å². The summed E-state index contributed by atoms with van der Waals surface area (Å²) in [4.78, 5) is 0. The number of phenolic OH excluding ortho intramolecular Hbond substituents is 1. The maximum atomic E-state index is 13.1. The van der Waals surface area contributed by atoms with E-state index in [1.165, 1.54) is 6.07 Å². The van der Waals surface area contributed by atoms with Gasteiger partial charge in [-0.25, -0.2) is 0 Å². The fraction of sp³-hybridized carbons (Fsp3) is 0.400. The van der Waals surface area contributed by atoms with Gasteiger partial charge in [-0.1, -0.05) is 17.7 Å². The van der Waals surface area contributed by atoms with Gasteiger partial charge in [-0.3, -0.25) is 4.57 Å². The summed E-state index contributed by atoms with van der Waals surface area (Å²) >= 11 is 0. The van der Waals surface area contributed by atoms with Crippen LogP contribution >= 0.6 is 7.60 Å². The highest BCUT2D eigenvalue weighted by atomic mass is 31.2. The van der Waals surface area contributed by atoms with Crippen molar-refractivity contribution in [3.63, 3.8) is 0 Å². The van der Waals surface area contributed by atoms with Gasteiger partial charge in [-0.2, -0.15) is 10.2 Å². The van der Waals surface area contributed by atoms with Crippen molar-refractivity contribution in [3.05, 3.63) is 53.6 Å². The van der Waals surface area contributed by atoms with Gasteiger partial charge in [0.05, 0.1) is 29.7 Å². The zero-order valence-electron chi connectivity index (χ0n) is 16.4. The summed E-state index contributed by atoms with van der Waals surface area (Å²) in [5, 5.41) is 18.6. The maximum absolute atomic E-state index is 13.1. The van der Waals surface area contributed by atoms with Crippen molar-refractivity contribution in [2.45, 2.75) is 53.0 Å². The van der Waals surface area contributed by atoms with Crippen molar-refractivity contribution < 1.29 is 18.7 Å². The predicted octanol–water partition coefficient (Wildman–Crippen LogP) is 6.66. The molecule has 0 radical (unpaired) electrons. The highest BCUT2D eigenvalue weighted by molar-refractivity contribution is 7.53. The van der Waals surface area contributed by atoms with E-state index >= 15 is 0 Å². The van der Waals surface area contributed by atoms with Crippen LogP contribution in [0, 0.1) is 6.92 Å². The molecule has 0 aromatic heterocycles. The molecule has 0 fully saturated rings. The molecule has 0 bridgehead atoms. The number of hydrogen-bond acceptors (Lipinski definition) is 6. The first-order chi connectivity index (χ1) is 12.7. The van der Waals surface area contributed by atoms with Crippen molar-refractivity contribution in [1.29, 1.82) is 0 Å². The molecule has 0 aliphatic heterocycles. The minimum Gasteiger partial charge on any atom is -0.508 e. The predicted molar refractivity (Wildman–Crippen MR) is 107 cm³/mol. The van der Waals surface area contributed by atoms with Crippen molar-refractivity contribution in [2.75, 3.05) is 0 Å². The Hall–Kier alpha value is -2.01. The lowest BCUT2D eigenvalue weighted by molar-refractivity contribution is 0.141. The number of hydrogen-bond donors (Lipinski definition) is 1. The van der Waals surface area contributed by atoms with Gasteiger partial charge < -0.3 is 14.2 Å². The number of nitrogens with zero attached hydrogens (tertiary/aromatic N) is 2. The topological polar surface area (TPSA) is 80.5 Å². The van der Waals surface area contributed by atoms with Crippen molar-refractivity contribution in [3.8, 4) is 5.75 Å². The van der Waals surface area contributed by atoms with E-state index in [9.17, 15) is 9.67 Å². The normalized spacial score (nSPS) is 12.4. The second-order valence-corrected chi connectivity index (χ2v) is 8.89. The second-order valence-electron chi connectivity index (χ2n) is 6.93. The van der Waals surface area contributed by atoms with Gasteiger partial charge in [-0.05, 0) is 65.0 Å². The molecule has 0 spiro atoms. The van der Waals surface area contributed by atoms with Crippen LogP contribution in [0.1, 0.15) is 38.8 Å². The Morgan fingerprint density at radius 2 is 1.44 bits per heavy atom. The van der Waals surface area contributed by atoms with Crippen molar-refractivity contribution in [1.82, 2.24) is 0 Å². The summed E-state index contributed by atoms with van der Waals surface area (Å²) < 4.78 is 24.2. The SMILES string of the molecule is Cc1ccc(N=Nc2ccc(O)c(CP(=O)(OC(C)C)OC(C)C)c2)cc1. The Morgan fingerprint density at radius 3 is 2.00 bits per heavy atom. The maximum Gasteiger partial charge on any atom is 0.335 e. The fourth-order valence-corrected chi connectivity index (χ4v) is 4.59. The minimum atomic E-state index is -3.42. The highest BCUT2D eigenvalue weighted by Crippen LogP contribution is 2.54. The molecule has 0 amide bonds. The van der Waals surface area contributed by atoms with Crippen LogP contribution in [0.15, 0.2) is 52.7 Å². The molecule has 2 aromatic rings. The van der Waals surface area contributed by atoms with E-state index in [0.717, 1.165) is 11.3 Å². The smallest absolute Gasteiger partial charge is 0.335 e. The van der Waals surface area contributed by atoms with Gasteiger partial charge in [0.15, 0.2) is 0 Å². The summed E-state index contributed by atoms with van der Waals surface area (Å²) in [5.74, 6) is 0.0178. The molecule has 6 nitrogen and oxygen atoms in total. The fourth-order valence-electron chi connectivity index (χ4n) is 2.44. The summed E-state index contributed by atoms with van der Waals surface area (Å²) in [5.41, 5.74) is 2.86. The van der Waals surface area contributed by atoms with E-state index in [-0.39, 0.29) is 24.1 Å². The zero-order valence-corrected chi connectivity index (χ0v) is 17.3. The van der Waals surface area contributed by atoms with Crippen LogP contribution in [0.4, 0.5) is 11.4 Å². The largest absolute Gasteiger partial charge is 0.508 e. The van der Waals surface area contributed by atoms with Crippen LogP contribution in [0.2, 0.25) is 0 Å². The summed E-state index contributed by atoms with van der Waals surface area (Å²) in [6, 6.07) is 12.5. The molecule has 0 unspecified atom stereocenters. The monoisotopic (exact) mass is 390 g/mol.